The number of carbonyl (C=O) groups excluding carboxylic acids is 2. The lowest BCUT2D eigenvalue weighted by atomic mass is 9.89. The third kappa shape index (κ3) is 6.36. The van der Waals surface area contributed by atoms with Gasteiger partial charge in [0, 0.05) is 32.3 Å². The molecule has 6 nitrogen and oxygen atoms in total. The van der Waals surface area contributed by atoms with E-state index in [1.54, 1.807) is 12.4 Å². The minimum Gasteiger partial charge on any atom is -0.356 e. The highest BCUT2D eigenvalue weighted by molar-refractivity contribution is 5.92. The molecule has 0 bridgehead atoms. The van der Waals surface area contributed by atoms with E-state index in [0.29, 0.717) is 18.0 Å². The Morgan fingerprint density at radius 3 is 2.32 bits per heavy atom. The van der Waals surface area contributed by atoms with Crippen LogP contribution in [-0.4, -0.2) is 46.3 Å². The van der Waals surface area contributed by atoms with Gasteiger partial charge in [0.05, 0.1) is 11.9 Å². The van der Waals surface area contributed by atoms with E-state index in [4.69, 9.17) is 0 Å². The van der Waals surface area contributed by atoms with Crippen molar-refractivity contribution in [1.29, 1.82) is 0 Å². The SMILES string of the molecule is Cc1cnc(C(=O)N2CCC(Cc3ccc(CCC(=O)NCC4CC4)cc3)CC2)cn1. The molecule has 1 aromatic carbocycles. The van der Waals surface area contributed by atoms with Gasteiger partial charge in [-0.3, -0.25) is 14.6 Å². The van der Waals surface area contributed by atoms with Crippen molar-refractivity contribution in [2.75, 3.05) is 19.6 Å². The monoisotopic (exact) mass is 420 g/mol. The molecule has 2 aliphatic rings. The lowest BCUT2D eigenvalue weighted by Gasteiger charge is -2.31. The number of nitrogens with one attached hydrogen (secondary N) is 1. The van der Waals surface area contributed by atoms with E-state index in [0.717, 1.165) is 56.9 Å². The number of likely N-dealkylation sites (tertiary alicyclic amines) is 1. The number of carbonyl (C=O) groups is 2. The molecule has 2 aromatic rings. The number of piperidine rings is 1. The summed E-state index contributed by atoms with van der Waals surface area (Å²) in [4.78, 5) is 34.8. The summed E-state index contributed by atoms with van der Waals surface area (Å²) in [6.45, 7) is 4.26. The molecule has 0 radical (unpaired) electrons. The van der Waals surface area contributed by atoms with E-state index in [1.807, 2.05) is 11.8 Å². The van der Waals surface area contributed by atoms with Crippen LogP contribution in [-0.2, 0) is 17.6 Å². The molecule has 2 amide bonds. The predicted octanol–water partition coefficient (Wildman–Crippen LogP) is 3.34. The molecular weight excluding hydrogens is 388 g/mol. The number of hydrogen-bond donors (Lipinski definition) is 1. The lowest BCUT2D eigenvalue weighted by molar-refractivity contribution is -0.121. The van der Waals surface area contributed by atoms with Gasteiger partial charge >= 0.3 is 0 Å². The average molecular weight is 421 g/mol. The van der Waals surface area contributed by atoms with Gasteiger partial charge in [-0.05, 0) is 68.4 Å². The Morgan fingerprint density at radius 2 is 1.68 bits per heavy atom. The van der Waals surface area contributed by atoms with Crippen LogP contribution in [0.1, 0.15) is 59.4 Å². The van der Waals surface area contributed by atoms with Crippen molar-refractivity contribution in [1.82, 2.24) is 20.2 Å². The van der Waals surface area contributed by atoms with E-state index in [9.17, 15) is 9.59 Å². The van der Waals surface area contributed by atoms with E-state index < -0.39 is 0 Å². The Balaban J connectivity index is 1.19. The third-order valence-corrected chi connectivity index (χ3v) is 6.37. The van der Waals surface area contributed by atoms with Crippen LogP contribution in [0, 0.1) is 18.8 Å². The van der Waals surface area contributed by atoms with Crippen LogP contribution in [0.2, 0.25) is 0 Å². The first kappa shape index (κ1) is 21.5. The highest BCUT2D eigenvalue weighted by Crippen LogP contribution is 2.27. The largest absolute Gasteiger partial charge is 0.356 e. The summed E-state index contributed by atoms with van der Waals surface area (Å²) in [5.41, 5.74) is 3.79. The molecule has 2 fully saturated rings. The minimum absolute atomic E-state index is 0.0172. The zero-order valence-corrected chi connectivity index (χ0v) is 18.3. The van der Waals surface area contributed by atoms with E-state index in [2.05, 4.69) is 39.6 Å². The van der Waals surface area contributed by atoms with Crippen molar-refractivity contribution < 1.29 is 9.59 Å². The second-order valence-electron chi connectivity index (χ2n) is 9.05. The third-order valence-electron chi connectivity index (χ3n) is 6.37. The molecular formula is C25H32N4O2. The quantitative estimate of drug-likeness (QED) is 0.711. The Labute approximate surface area is 184 Å². The smallest absolute Gasteiger partial charge is 0.274 e. The van der Waals surface area contributed by atoms with Crippen LogP contribution in [0.4, 0.5) is 0 Å². The first-order valence-corrected chi connectivity index (χ1v) is 11.5. The Hall–Kier alpha value is -2.76. The normalized spacial score (nSPS) is 16.9. The molecule has 0 atom stereocenters. The second kappa shape index (κ2) is 10.0. The molecule has 31 heavy (non-hydrogen) atoms. The van der Waals surface area contributed by atoms with Gasteiger partial charge < -0.3 is 10.2 Å². The summed E-state index contributed by atoms with van der Waals surface area (Å²) >= 11 is 0. The molecule has 0 unspecified atom stereocenters. The van der Waals surface area contributed by atoms with Crippen molar-refractivity contribution in [2.45, 2.75) is 51.9 Å². The number of aryl methyl sites for hydroxylation is 2. The Bertz CT molecular complexity index is 883. The van der Waals surface area contributed by atoms with Crippen LogP contribution in [0.3, 0.4) is 0 Å². The molecule has 1 aliphatic carbocycles. The van der Waals surface area contributed by atoms with Crippen LogP contribution in [0.25, 0.3) is 0 Å². The maximum Gasteiger partial charge on any atom is 0.274 e. The molecule has 2 heterocycles. The first-order chi connectivity index (χ1) is 15.1. The number of nitrogens with zero attached hydrogens (tertiary/aromatic N) is 3. The van der Waals surface area contributed by atoms with Gasteiger partial charge in [0.15, 0.2) is 0 Å². The second-order valence-corrected chi connectivity index (χ2v) is 9.05. The summed E-state index contributed by atoms with van der Waals surface area (Å²) in [6.07, 6.45) is 10.1. The fraction of sp³-hybridized carbons (Fsp3) is 0.520. The number of benzene rings is 1. The maximum absolute atomic E-state index is 12.6. The molecule has 164 valence electrons. The first-order valence-electron chi connectivity index (χ1n) is 11.5. The molecule has 4 rings (SSSR count). The van der Waals surface area contributed by atoms with Gasteiger partial charge in [0.25, 0.3) is 5.91 Å². The van der Waals surface area contributed by atoms with Crippen molar-refractivity contribution in [3.63, 3.8) is 0 Å². The van der Waals surface area contributed by atoms with Gasteiger partial charge in [-0.25, -0.2) is 4.98 Å². The molecule has 0 spiro atoms. The van der Waals surface area contributed by atoms with Crippen molar-refractivity contribution in [2.24, 2.45) is 11.8 Å². The fourth-order valence-electron chi connectivity index (χ4n) is 4.11. The topological polar surface area (TPSA) is 75.2 Å². The lowest BCUT2D eigenvalue weighted by Crippen LogP contribution is -2.39. The maximum atomic E-state index is 12.6. The summed E-state index contributed by atoms with van der Waals surface area (Å²) in [6, 6.07) is 8.68. The molecule has 1 saturated carbocycles. The molecule has 6 heteroatoms. The molecule has 1 aliphatic heterocycles. The van der Waals surface area contributed by atoms with Gasteiger partial charge in [0.1, 0.15) is 5.69 Å². The zero-order valence-electron chi connectivity index (χ0n) is 18.3. The standard InChI is InChI=1S/C25H32N4O2/c1-18-15-27-23(17-26-18)25(31)29-12-10-21(11-13-29)14-20-4-2-19(3-5-20)8-9-24(30)28-16-22-6-7-22/h2-5,15,17,21-22H,6-14,16H2,1H3,(H,28,30). The zero-order chi connectivity index (χ0) is 21.6. The highest BCUT2D eigenvalue weighted by Gasteiger charge is 2.25. The molecule has 1 N–H and O–H groups in total. The predicted molar refractivity (Wildman–Crippen MR) is 120 cm³/mol. The summed E-state index contributed by atoms with van der Waals surface area (Å²) in [5.74, 6) is 1.46. The average Bonchev–Trinajstić information content (AvgIpc) is 3.62. The Morgan fingerprint density at radius 1 is 0.968 bits per heavy atom. The van der Waals surface area contributed by atoms with Crippen LogP contribution < -0.4 is 5.32 Å². The summed E-state index contributed by atoms with van der Waals surface area (Å²) < 4.78 is 0. The number of rotatable bonds is 8. The minimum atomic E-state index is -0.0172. The molecule has 1 saturated heterocycles. The van der Waals surface area contributed by atoms with Crippen LogP contribution in [0.15, 0.2) is 36.7 Å². The van der Waals surface area contributed by atoms with Gasteiger partial charge in [0.2, 0.25) is 5.91 Å². The van der Waals surface area contributed by atoms with Gasteiger partial charge in [-0.1, -0.05) is 24.3 Å². The van der Waals surface area contributed by atoms with Crippen molar-refractivity contribution >= 4 is 11.8 Å². The molecule has 1 aromatic heterocycles. The number of aromatic nitrogens is 2. The Kier molecular flexibility index (Phi) is 6.95. The number of hydrogen-bond acceptors (Lipinski definition) is 4. The van der Waals surface area contributed by atoms with Crippen LogP contribution >= 0.6 is 0 Å². The fourth-order valence-corrected chi connectivity index (χ4v) is 4.11. The summed E-state index contributed by atoms with van der Waals surface area (Å²) in [7, 11) is 0. The van der Waals surface area contributed by atoms with Crippen molar-refractivity contribution in [3.05, 3.63) is 59.2 Å². The van der Waals surface area contributed by atoms with Crippen molar-refractivity contribution in [3.8, 4) is 0 Å². The highest BCUT2D eigenvalue weighted by atomic mass is 16.2. The van der Waals surface area contributed by atoms with Crippen LogP contribution in [0.5, 0.6) is 0 Å². The number of amides is 2. The van der Waals surface area contributed by atoms with Gasteiger partial charge in [-0.2, -0.15) is 0 Å². The van der Waals surface area contributed by atoms with Gasteiger partial charge in [-0.15, -0.1) is 0 Å². The summed E-state index contributed by atoms with van der Waals surface area (Å²) in [5, 5.41) is 3.03. The van der Waals surface area contributed by atoms with E-state index in [1.165, 1.54) is 24.0 Å². The van der Waals surface area contributed by atoms with E-state index in [-0.39, 0.29) is 11.8 Å². The van der Waals surface area contributed by atoms with E-state index >= 15 is 0 Å².